The van der Waals surface area contributed by atoms with Gasteiger partial charge in [-0.3, -0.25) is 5.09 Å². The molecule has 0 bridgehead atoms. The zero-order valence-corrected chi connectivity index (χ0v) is 10.1. The Kier molecular flexibility index (Phi) is 2.07. The van der Waals surface area contributed by atoms with Gasteiger partial charge in [0.2, 0.25) is 0 Å². The van der Waals surface area contributed by atoms with E-state index in [1.165, 1.54) is 24.0 Å². The lowest BCUT2D eigenvalue weighted by atomic mass is 10.2. The first-order valence-corrected chi connectivity index (χ1v) is 7.04. The lowest BCUT2D eigenvalue weighted by Crippen LogP contribution is -2.35. The highest BCUT2D eigenvalue weighted by atomic mass is 31.1. The average molecular weight is 219 g/mol. The quantitative estimate of drug-likeness (QED) is 0.403. The van der Waals surface area contributed by atoms with Crippen LogP contribution in [0.2, 0.25) is 0 Å². The fraction of sp³-hybridized carbons (Fsp3) is 0.417. The number of nitrogens with one attached hydrogen (secondary N) is 1. The fourth-order valence-corrected chi connectivity index (χ4v) is 4.82. The molecule has 3 heteroatoms. The summed E-state index contributed by atoms with van der Waals surface area (Å²) < 4.78 is 2.43. The van der Waals surface area contributed by atoms with E-state index < -0.39 is 0 Å². The van der Waals surface area contributed by atoms with Crippen molar-refractivity contribution in [3.05, 3.63) is 35.5 Å². The SMILES string of the molecule is CC1=CCP2Nc3cc(C)cc[n+]3[C@@H]2C1. The zero-order chi connectivity index (χ0) is 10.4. The van der Waals surface area contributed by atoms with Crippen molar-refractivity contribution in [3.63, 3.8) is 0 Å². The third-order valence-electron chi connectivity index (χ3n) is 3.22. The Labute approximate surface area is 91.8 Å². The van der Waals surface area contributed by atoms with Gasteiger partial charge >= 0.3 is 0 Å². The molecule has 1 aromatic rings. The average Bonchev–Trinajstić information content (AvgIpc) is 2.54. The van der Waals surface area contributed by atoms with Crippen LogP contribution in [0.3, 0.4) is 0 Å². The molecule has 0 aliphatic carbocycles. The van der Waals surface area contributed by atoms with Crippen LogP contribution in [0.25, 0.3) is 0 Å². The number of aromatic nitrogens is 1. The van der Waals surface area contributed by atoms with Crippen molar-refractivity contribution in [2.24, 2.45) is 0 Å². The molecule has 0 spiro atoms. The normalized spacial score (nSPS) is 27.7. The van der Waals surface area contributed by atoms with Crippen molar-refractivity contribution in [1.29, 1.82) is 0 Å². The molecule has 0 saturated carbocycles. The van der Waals surface area contributed by atoms with Gasteiger partial charge in [0.25, 0.3) is 5.82 Å². The second kappa shape index (κ2) is 3.31. The molecule has 0 radical (unpaired) electrons. The van der Waals surface area contributed by atoms with Gasteiger partial charge < -0.3 is 0 Å². The first-order valence-electron chi connectivity index (χ1n) is 5.45. The van der Waals surface area contributed by atoms with Crippen LogP contribution in [-0.4, -0.2) is 6.16 Å². The topological polar surface area (TPSA) is 15.9 Å². The van der Waals surface area contributed by atoms with Crippen LogP contribution in [0.1, 0.15) is 24.7 Å². The summed E-state index contributed by atoms with van der Waals surface area (Å²) in [6.07, 6.45) is 7.09. The van der Waals surface area contributed by atoms with Crippen molar-refractivity contribution in [2.45, 2.75) is 26.1 Å². The predicted molar refractivity (Wildman–Crippen MR) is 64.2 cm³/mol. The maximum atomic E-state index is 3.68. The highest BCUT2D eigenvalue weighted by Gasteiger charge is 2.40. The number of pyridine rings is 1. The van der Waals surface area contributed by atoms with E-state index in [2.05, 4.69) is 47.9 Å². The van der Waals surface area contributed by atoms with E-state index in [4.69, 9.17) is 0 Å². The number of rotatable bonds is 0. The van der Waals surface area contributed by atoms with Gasteiger partial charge in [-0.05, 0) is 25.5 Å². The number of hydrogen-bond acceptors (Lipinski definition) is 1. The van der Waals surface area contributed by atoms with E-state index in [9.17, 15) is 0 Å². The Morgan fingerprint density at radius 2 is 2.33 bits per heavy atom. The summed E-state index contributed by atoms with van der Waals surface area (Å²) in [7, 11) is -0.0489. The molecular weight excluding hydrogens is 203 g/mol. The summed E-state index contributed by atoms with van der Waals surface area (Å²) in [5.74, 6) is 2.01. The standard InChI is InChI=1S/C12H15N2P/c1-9-3-5-14-11(7-9)13-15-6-4-10(2)8-12(14)15/h3-5,7,12H,6,8H2,1-2H3/p+1/t12-,15?/m0/s1. The van der Waals surface area contributed by atoms with Gasteiger partial charge in [-0.25, -0.2) is 4.57 Å². The summed E-state index contributed by atoms with van der Waals surface area (Å²) in [5.41, 5.74) is 2.88. The maximum absolute atomic E-state index is 3.68. The smallest absolute Gasteiger partial charge is 0.252 e. The van der Waals surface area contributed by atoms with Crippen molar-refractivity contribution < 1.29 is 4.57 Å². The van der Waals surface area contributed by atoms with Crippen LogP contribution in [-0.2, 0) is 0 Å². The van der Waals surface area contributed by atoms with Crippen LogP contribution in [0, 0.1) is 6.92 Å². The zero-order valence-electron chi connectivity index (χ0n) is 9.20. The second-order valence-corrected chi connectivity index (χ2v) is 6.62. The monoisotopic (exact) mass is 219 g/mol. The number of anilines is 1. The minimum absolute atomic E-state index is 0.0489. The number of fused-ring (bicyclic) bond motifs is 3. The number of allylic oxidation sites excluding steroid dienone is 2. The van der Waals surface area contributed by atoms with Gasteiger partial charge in [0.15, 0.2) is 5.78 Å². The largest absolute Gasteiger partial charge is 0.277 e. The molecule has 1 unspecified atom stereocenters. The van der Waals surface area contributed by atoms with Crippen molar-refractivity contribution in [2.75, 3.05) is 11.2 Å². The molecule has 15 heavy (non-hydrogen) atoms. The molecular formula is C12H16N2P+. The summed E-state index contributed by atoms with van der Waals surface area (Å²) in [5, 5.41) is 3.68. The minimum atomic E-state index is -0.0489. The third-order valence-corrected chi connectivity index (χ3v) is 5.46. The highest BCUT2D eigenvalue weighted by Crippen LogP contribution is 2.54. The van der Waals surface area contributed by atoms with E-state index in [1.807, 2.05) is 0 Å². The molecule has 0 saturated heterocycles. The van der Waals surface area contributed by atoms with Gasteiger partial charge in [-0.15, -0.1) is 0 Å². The van der Waals surface area contributed by atoms with Crippen LogP contribution in [0.5, 0.6) is 0 Å². The van der Waals surface area contributed by atoms with E-state index >= 15 is 0 Å². The van der Waals surface area contributed by atoms with E-state index in [0.29, 0.717) is 5.78 Å². The first kappa shape index (κ1) is 9.35. The Hall–Kier alpha value is -0.880. The van der Waals surface area contributed by atoms with E-state index in [0.717, 1.165) is 0 Å². The van der Waals surface area contributed by atoms with Crippen LogP contribution in [0.4, 0.5) is 5.82 Å². The van der Waals surface area contributed by atoms with Crippen LogP contribution in [0.15, 0.2) is 30.0 Å². The Morgan fingerprint density at radius 1 is 1.47 bits per heavy atom. The maximum Gasteiger partial charge on any atom is 0.277 e. The Morgan fingerprint density at radius 3 is 3.20 bits per heavy atom. The van der Waals surface area contributed by atoms with Gasteiger partial charge in [-0.1, -0.05) is 11.6 Å². The summed E-state index contributed by atoms with van der Waals surface area (Å²) >= 11 is 0. The second-order valence-electron chi connectivity index (χ2n) is 4.50. The van der Waals surface area contributed by atoms with Crippen LogP contribution >= 0.6 is 8.07 Å². The van der Waals surface area contributed by atoms with E-state index in [1.54, 1.807) is 5.57 Å². The minimum Gasteiger partial charge on any atom is -0.252 e. The number of hydrogen-bond donors (Lipinski definition) is 1. The summed E-state index contributed by atoms with van der Waals surface area (Å²) in [4.78, 5) is 0. The highest BCUT2D eigenvalue weighted by molar-refractivity contribution is 7.59. The van der Waals surface area contributed by atoms with E-state index in [-0.39, 0.29) is 8.07 Å². The molecule has 0 aromatic carbocycles. The van der Waals surface area contributed by atoms with Gasteiger partial charge in [0, 0.05) is 18.6 Å². The van der Waals surface area contributed by atoms with Crippen molar-refractivity contribution >= 4 is 13.9 Å². The third kappa shape index (κ3) is 1.48. The number of aryl methyl sites for hydroxylation is 1. The van der Waals surface area contributed by atoms with Crippen molar-refractivity contribution in [1.82, 2.24) is 0 Å². The fourth-order valence-electron chi connectivity index (χ4n) is 2.34. The molecule has 2 atom stereocenters. The predicted octanol–water partition coefficient (Wildman–Crippen LogP) is 2.95. The van der Waals surface area contributed by atoms with Gasteiger partial charge in [0.05, 0.1) is 6.20 Å². The molecule has 2 aliphatic heterocycles. The lowest BCUT2D eigenvalue weighted by molar-refractivity contribution is -0.683. The Balaban J connectivity index is 2.01. The Bertz CT molecular complexity index is 439. The molecule has 0 amide bonds. The number of nitrogens with zero attached hydrogens (tertiary/aromatic N) is 1. The van der Waals surface area contributed by atoms with Gasteiger partial charge in [-0.2, -0.15) is 0 Å². The molecule has 1 N–H and O–H groups in total. The molecule has 3 heterocycles. The van der Waals surface area contributed by atoms with Gasteiger partial charge in [0.1, 0.15) is 8.07 Å². The molecule has 3 rings (SSSR count). The summed E-state index contributed by atoms with van der Waals surface area (Å²) in [6, 6.07) is 4.47. The molecule has 0 fully saturated rings. The van der Waals surface area contributed by atoms with Crippen molar-refractivity contribution in [3.8, 4) is 0 Å². The molecule has 2 nitrogen and oxygen atoms in total. The molecule has 1 aromatic heterocycles. The molecule has 78 valence electrons. The van der Waals surface area contributed by atoms with Crippen LogP contribution < -0.4 is 9.65 Å². The first-order chi connectivity index (χ1) is 7.24. The summed E-state index contributed by atoms with van der Waals surface area (Å²) in [6.45, 7) is 4.40. The lowest BCUT2D eigenvalue weighted by Gasteiger charge is -2.18. The molecule has 2 aliphatic rings.